The molecule has 3 nitrogen and oxygen atoms in total. The van der Waals surface area contributed by atoms with E-state index in [2.05, 4.69) is 28.6 Å². The Labute approximate surface area is 221 Å². The van der Waals surface area contributed by atoms with Gasteiger partial charge in [0.15, 0.2) is 0 Å². The van der Waals surface area contributed by atoms with Crippen molar-refractivity contribution in [3.8, 4) is 0 Å². The maximum absolute atomic E-state index is 4.37. The molecule has 0 aromatic carbocycles. The van der Waals surface area contributed by atoms with E-state index in [1.807, 2.05) is 13.9 Å². The van der Waals surface area contributed by atoms with E-state index in [4.69, 9.17) is 0 Å². The normalized spacial score (nSPS) is 14.8. The van der Waals surface area contributed by atoms with Gasteiger partial charge in [-0.05, 0) is 7.05 Å². The third-order valence-electron chi connectivity index (χ3n) is 2.04. The summed E-state index contributed by atoms with van der Waals surface area (Å²) in [5.41, 5.74) is 0. The molecule has 69 valence electrons. The van der Waals surface area contributed by atoms with Crippen LogP contribution in [-0.4, -0.2) is 32.7 Å². The molecule has 1 aliphatic heterocycles. The van der Waals surface area contributed by atoms with Crippen LogP contribution in [-0.2, 0) is 164 Å². The van der Waals surface area contributed by atoms with Gasteiger partial charge in [0.1, 0.15) is 0 Å². The zero-order valence-electron chi connectivity index (χ0n) is 9.96. The van der Waals surface area contributed by atoms with Gasteiger partial charge in [-0.25, -0.2) is 0 Å². The first-order chi connectivity index (χ1) is 4.61. The largest absolute Gasteiger partial charge is 0.716 e. The fourth-order valence-corrected chi connectivity index (χ4v) is 1.19. The van der Waals surface area contributed by atoms with E-state index in [1.54, 1.807) is 0 Å². The monoisotopic (exact) mass is 580 g/mol. The van der Waals surface area contributed by atoms with Crippen molar-refractivity contribution in [2.75, 3.05) is 7.05 Å². The van der Waals surface area contributed by atoms with Gasteiger partial charge in [0.05, 0.1) is 14.0 Å². The first-order valence-corrected chi connectivity index (χ1v) is 3.73. The molecule has 15 heavy (non-hydrogen) atoms. The van der Waals surface area contributed by atoms with Crippen LogP contribution >= 0.6 is 0 Å². The van der Waals surface area contributed by atoms with Crippen molar-refractivity contribution < 1.29 is 164 Å². The zero-order chi connectivity index (χ0) is 7.72. The number of nitrogens with zero attached hydrogens (tertiary/aromatic N) is 3. The molecule has 0 saturated carbocycles. The molecule has 0 aromatic heterocycles. The molecule has 0 unspecified atom stereocenters. The molecule has 0 N–H and O–H groups in total. The fraction of sp³-hybridized carbons (Fsp3) is 1.00. The summed E-state index contributed by atoms with van der Waals surface area (Å²) in [4.78, 5) is 0. The molecule has 1 saturated heterocycles. The summed E-state index contributed by atoms with van der Waals surface area (Å²) >= 11 is 0. The molecule has 11 heteroatoms. The molecular weight excluding hydrogens is 567 g/mol. The van der Waals surface area contributed by atoms with E-state index in [-0.39, 0.29) is 171 Å². The topological polar surface area (TPSA) is 31.4 Å². The van der Waals surface area contributed by atoms with E-state index in [0.717, 1.165) is 0 Å². The van der Waals surface area contributed by atoms with Gasteiger partial charge in [0.25, 0.3) is 0 Å². The molecule has 5 radical (unpaired) electrons. The van der Waals surface area contributed by atoms with Crippen LogP contribution in [0.25, 0.3) is 10.3 Å². The van der Waals surface area contributed by atoms with E-state index in [1.165, 1.54) is 0 Å². The molecule has 0 aromatic rings. The van der Waals surface area contributed by atoms with Crippen molar-refractivity contribution in [3.63, 3.8) is 0 Å². The summed E-state index contributed by atoms with van der Waals surface area (Å²) in [5.74, 6) is 0. The van der Waals surface area contributed by atoms with Crippen LogP contribution in [0.1, 0.15) is 0 Å². The summed E-state index contributed by atoms with van der Waals surface area (Å²) in [6, 6.07) is 0. The van der Waals surface area contributed by atoms with Gasteiger partial charge in [-0.15, -0.1) is 13.8 Å². The van der Waals surface area contributed by atoms with Gasteiger partial charge in [0.2, 0.25) is 0 Å². The zero-order valence-corrected chi connectivity index (χ0v) is 24.2. The third kappa shape index (κ3) is 13.0. The molecule has 1 fully saturated rings. The van der Waals surface area contributed by atoms with Crippen molar-refractivity contribution in [2.45, 2.75) is 20.5 Å². The van der Waals surface area contributed by atoms with E-state index < -0.39 is 0 Å². The van der Waals surface area contributed by atoms with Gasteiger partial charge < -0.3 is 15.0 Å². The Morgan fingerprint density at radius 3 is 1.27 bits per heavy atom. The van der Waals surface area contributed by atoms with E-state index >= 15 is 0 Å². The minimum atomic E-state index is 0. The summed E-state index contributed by atoms with van der Waals surface area (Å²) in [6.45, 7) is 7.05. The molecule has 1 rings (SSSR count). The fourth-order valence-electron chi connectivity index (χ4n) is 1.19. The van der Waals surface area contributed by atoms with Crippen molar-refractivity contribution in [1.82, 2.24) is 4.72 Å². The van der Waals surface area contributed by atoms with E-state index in [0.29, 0.717) is 14.0 Å². The summed E-state index contributed by atoms with van der Waals surface area (Å²) in [7, 11) is 2.05. The van der Waals surface area contributed by atoms with E-state index in [9.17, 15) is 0 Å². The van der Waals surface area contributed by atoms with Crippen LogP contribution in [0.5, 0.6) is 0 Å². The van der Waals surface area contributed by atoms with Crippen molar-refractivity contribution in [1.29, 1.82) is 0 Å². The van der Waals surface area contributed by atoms with Gasteiger partial charge >= 0.3 is 0 Å². The molecule has 0 bridgehead atoms. The maximum atomic E-state index is 4.37. The van der Waals surface area contributed by atoms with Crippen LogP contribution in [0.15, 0.2) is 0 Å². The average Bonchev–Trinajstić information content (AvgIpc) is 1.82. The second kappa shape index (κ2) is 17.6. The Hall–Kier alpha value is 5.59. The van der Waals surface area contributed by atoms with Gasteiger partial charge in [-0.2, -0.15) is 0 Å². The second-order valence-electron chi connectivity index (χ2n) is 2.86. The molecule has 0 aliphatic carbocycles. The molecule has 0 atom stereocenters. The number of hydrogen-bond acceptors (Lipinski definition) is 1. The van der Waals surface area contributed by atoms with Crippen molar-refractivity contribution >= 4 is 20.9 Å². The first-order valence-electron chi connectivity index (χ1n) is 3.73. The van der Waals surface area contributed by atoms with Crippen LogP contribution in [0.2, 0.25) is 20.5 Å². The molecule has 1 aliphatic rings. The van der Waals surface area contributed by atoms with Crippen molar-refractivity contribution in [3.05, 3.63) is 10.3 Å². The third-order valence-corrected chi connectivity index (χ3v) is 2.04. The smallest absolute Gasteiger partial charge is 0.0664 e. The summed E-state index contributed by atoms with van der Waals surface area (Å²) in [6.07, 6.45) is 0. The Bertz CT molecular complexity index is 124. The van der Waals surface area contributed by atoms with Gasteiger partial charge in [-0.1, -0.05) is 13.6 Å². The summed E-state index contributed by atoms with van der Waals surface area (Å²) < 4.78 is 2.15. The SMILES string of the molecule is CB1[N-]B(C)N(C)B(C)[N-]1.[Y].[Y].[Y].[Y].[Y]. The van der Waals surface area contributed by atoms with Crippen LogP contribution in [0.3, 0.4) is 0 Å². The Kier molecular flexibility index (Phi) is 38.2. The standard InChI is InChI=1S/C4H12B3N3.5Y/c1-5-8-6(2)10(4)7(3)9-5;;;;;/h1-4H3;;;;;/q-2;;;;;. The molecule has 0 spiro atoms. The molecule has 1 heterocycles. The predicted molar refractivity (Wildman–Crippen MR) is 49.3 cm³/mol. The maximum Gasteiger partial charge on any atom is 0.0664 e. The van der Waals surface area contributed by atoms with Crippen molar-refractivity contribution in [2.24, 2.45) is 0 Å². The number of rotatable bonds is 0. The Morgan fingerprint density at radius 2 is 1.00 bits per heavy atom. The average molecular weight is 579 g/mol. The van der Waals surface area contributed by atoms with Crippen LogP contribution < -0.4 is 0 Å². The number of hydrogen-bond donors (Lipinski definition) is 0. The first kappa shape index (κ1) is 32.5. The van der Waals surface area contributed by atoms with Crippen LogP contribution in [0, 0.1) is 0 Å². The Balaban J connectivity index is -0.0000000667. The second-order valence-corrected chi connectivity index (χ2v) is 2.86. The Morgan fingerprint density at radius 1 is 0.733 bits per heavy atom. The quantitative estimate of drug-likeness (QED) is 0.395. The molecule has 0 amide bonds. The van der Waals surface area contributed by atoms with Gasteiger partial charge in [-0.3, -0.25) is 0 Å². The predicted octanol–water partition coefficient (Wildman–Crippen LogP) is 1.02. The van der Waals surface area contributed by atoms with Crippen LogP contribution in [0.4, 0.5) is 0 Å². The summed E-state index contributed by atoms with van der Waals surface area (Å²) in [5, 5.41) is 8.75. The minimum absolute atomic E-state index is 0. The van der Waals surface area contributed by atoms with Gasteiger partial charge in [0, 0.05) is 164 Å². The minimum Gasteiger partial charge on any atom is -0.716 e. The molecular formula is C4H12B3N3Y5-2.